The Bertz CT molecular complexity index is 700. The molecule has 0 saturated carbocycles. The molecular weight excluding hydrogens is 337 g/mol. The number of hydrogen-bond donors (Lipinski definition) is 1. The smallest absolute Gasteiger partial charge is 0.255 e. The van der Waals surface area contributed by atoms with Gasteiger partial charge in [-0.05, 0) is 33.3 Å². The third kappa shape index (κ3) is 3.59. The molecule has 1 amide bonds. The molecule has 0 bridgehead atoms. The minimum absolute atomic E-state index is 0. The molecule has 0 spiro atoms. The molecule has 2 aromatic rings. The molecule has 3 rings (SSSR count). The molecule has 1 fully saturated rings. The van der Waals surface area contributed by atoms with Crippen molar-refractivity contribution in [1.82, 2.24) is 19.7 Å². The van der Waals surface area contributed by atoms with Crippen molar-refractivity contribution in [2.75, 3.05) is 13.1 Å². The molecule has 0 aliphatic carbocycles. The van der Waals surface area contributed by atoms with Crippen molar-refractivity contribution in [1.29, 1.82) is 0 Å². The van der Waals surface area contributed by atoms with Crippen molar-refractivity contribution < 1.29 is 4.79 Å². The topological polar surface area (TPSA) is 77.0 Å². The van der Waals surface area contributed by atoms with E-state index in [0.717, 1.165) is 29.7 Å². The molecule has 8 heteroatoms. The predicted octanol–water partition coefficient (Wildman–Crippen LogP) is 2.34. The fourth-order valence-electron chi connectivity index (χ4n) is 2.80. The highest BCUT2D eigenvalue weighted by Crippen LogP contribution is 2.21. The number of nitrogens with two attached hydrogens (primary N) is 1. The predicted molar refractivity (Wildman–Crippen MR) is 95.6 cm³/mol. The summed E-state index contributed by atoms with van der Waals surface area (Å²) in [6.45, 7) is 7.35. The van der Waals surface area contributed by atoms with E-state index < -0.39 is 0 Å². The first-order chi connectivity index (χ1) is 9.97. The van der Waals surface area contributed by atoms with Crippen LogP contribution in [0.2, 0.25) is 0 Å². The molecular formula is C15H23Cl2N5O. The number of pyridine rings is 1. The van der Waals surface area contributed by atoms with Crippen LogP contribution in [0, 0.1) is 6.92 Å². The van der Waals surface area contributed by atoms with Crippen LogP contribution in [0.1, 0.15) is 42.4 Å². The number of nitrogens with zero attached hydrogens (tertiary/aromatic N) is 4. The summed E-state index contributed by atoms with van der Waals surface area (Å²) < 4.78 is 1.88. The van der Waals surface area contributed by atoms with E-state index in [1.54, 1.807) is 6.20 Å². The van der Waals surface area contributed by atoms with Gasteiger partial charge in [-0.1, -0.05) is 0 Å². The Kier molecular flexibility index (Phi) is 6.39. The average molecular weight is 360 g/mol. The quantitative estimate of drug-likeness (QED) is 0.892. The van der Waals surface area contributed by atoms with Crippen LogP contribution in [0.3, 0.4) is 0 Å². The van der Waals surface area contributed by atoms with Crippen molar-refractivity contribution in [2.24, 2.45) is 5.73 Å². The molecule has 3 heterocycles. The zero-order valence-corrected chi connectivity index (χ0v) is 15.2. The number of amides is 1. The highest BCUT2D eigenvalue weighted by Gasteiger charge is 2.26. The van der Waals surface area contributed by atoms with Crippen molar-refractivity contribution in [3.05, 3.63) is 23.5 Å². The molecule has 6 nitrogen and oxygen atoms in total. The zero-order chi connectivity index (χ0) is 15.1. The molecule has 1 atom stereocenters. The average Bonchev–Trinajstić information content (AvgIpc) is 3.03. The SMILES string of the molecule is Cc1nc2c(cnn2C(C)C)cc1C(=O)N1CCC(N)C1.Cl.Cl. The Labute approximate surface area is 148 Å². The summed E-state index contributed by atoms with van der Waals surface area (Å²) in [5, 5.41) is 5.26. The third-order valence-electron chi connectivity index (χ3n) is 3.99. The Morgan fingerprint density at radius 2 is 2.09 bits per heavy atom. The lowest BCUT2D eigenvalue weighted by Gasteiger charge is -2.17. The van der Waals surface area contributed by atoms with Crippen LogP contribution in [0.4, 0.5) is 0 Å². The van der Waals surface area contributed by atoms with Crippen LogP contribution in [-0.4, -0.2) is 44.7 Å². The summed E-state index contributed by atoms with van der Waals surface area (Å²) in [6.07, 6.45) is 2.64. The van der Waals surface area contributed by atoms with Gasteiger partial charge in [-0.2, -0.15) is 5.10 Å². The first-order valence-electron chi connectivity index (χ1n) is 7.37. The molecule has 2 aromatic heterocycles. The first kappa shape index (κ1) is 19.7. The molecule has 1 aliphatic rings. The fourth-order valence-corrected chi connectivity index (χ4v) is 2.80. The number of likely N-dealkylation sites (tertiary alicyclic amines) is 1. The second kappa shape index (κ2) is 7.47. The minimum Gasteiger partial charge on any atom is -0.337 e. The van der Waals surface area contributed by atoms with Gasteiger partial charge >= 0.3 is 0 Å². The van der Waals surface area contributed by atoms with Gasteiger partial charge in [0, 0.05) is 30.6 Å². The second-order valence-electron chi connectivity index (χ2n) is 6.02. The van der Waals surface area contributed by atoms with E-state index in [1.807, 2.05) is 22.6 Å². The van der Waals surface area contributed by atoms with E-state index in [4.69, 9.17) is 5.73 Å². The minimum atomic E-state index is 0. The third-order valence-corrected chi connectivity index (χ3v) is 3.99. The Morgan fingerprint density at radius 1 is 1.39 bits per heavy atom. The van der Waals surface area contributed by atoms with Gasteiger partial charge in [-0.25, -0.2) is 9.67 Å². The van der Waals surface area contributed by atoms with Gasteiger partial charge < -0.3 is 10.6 Å². The van der Waals surface area contributed by atoms with Crippen LogP contribution in [0.25, 0.3) is 11.0 Å². The zero-order valence-electron chi connectivity index (χ0n) is 13.5. The lowest BCUT2D eigenvalue weighted by molar-refractivity contribution is 0.0790. The van der Waals surface area contributed by atoms with E-state index in [1.165, 1.54) is 0 Å². The number of aryl methyl sites for hydroxylation is 1. The van der Waals surface area contributed by atoms with Crippen molar-refractivity contribution in [3.8, 4) is 0 Å². The molecule has 128 valence electrons. The summed E-state index contributed by atoms with van der Waals surface area (Å²) in [7, 11) is 0. The van der Waals surface area contributed by atoms with E-state index in [0.29, 0.717) is 12.1 Å². The van der Waals surface area contributed by atoms with Gasteiger partial charge in [0.1, 0.15) is 0 Å². The number of aromatic nitrogens is 3. The van der Waals surface area contributed by atoms with Crippen molar-refractivity contribution in [3.63, 3.8) is 0 Å². The standard InChI is InChI=1S/C15H21N5O.2ClH/c1-9(2)20-14-11(7-17-20)6-13(10(3)18-14)15(21)19-5-4-12(16)8-19;;/h6-7,9,12H,4-5,8,16H2,1-3H3;2*1H. The van der Waals surface area contributed by atoms with E-state index in [2.05, 4.69) is 23.9 Å². The number of carbonyl (C=O) groups is 1. The van der Waals surface area contributed by atoms with Gasteiger partial charge in [0.2, 0.25) is 0 Å². The largest absolute Gasteiger partial charge is 0.337 e. The molecule has 2 N–H and O–H groups in total. The van der Waals surface area contributed by atoms with E-state index in [-0.39, 0.29) is 42.8 Å². The van der Waals surface area contributed by atoms with Gasteiger partial charge in [0.25, 0.3) is 5.91 Å². The van der Waals surface area contributed by atoms with Crippen LogP contribution in [0.15, 0.2) is 12.3 Å². The maximum absolute atomic E-state index is 12.6. The summed E-state index contributed by atoms with van der Waals surface area (Å²) >= 11 is 0. The van der Waals surface area contributed by atoms with Gasteiger partial charge in [-0.3, -0.25) is 4.79 Å². The van der Waals surface area contributed by atoms with Crippen molar-refractivity contribution >= 4 is 41.8 Å². The van der Waals surface area contributed by atoms with Crippen molar-refractivity contribution in [2.45, 2.75) is 39.3 Å². The highest BCUT2D eigenvalue weighted by molar-refractivity contribution is 5.98. The summed E-state index contributed by atoms with van der Waals surface area (Å²) in [5.74, 6) is 0.0205. The maximum atomic E-state index is 12.6. The number of carbonyl (C=O) groups excluding carboxylic acids is 1. The van der Waals surface area contributed by atoms with Crippen LogP contribution in [0.5, 0.6) is 0 Å². The fraction of sp³-hybridized carbons (Fsp3) is 0.533. The Balaban J connectivity index is 0.00000132. The normalized spacial score (nSPS) is 17.3. The monoisotopic (exact) mass is 359 g/mol. The van der Waals surface area contributed by atoms with Gasteiger partial charge in [0.05, 0.1) is 17.5 Å². The summed E-state index contributed by atoms with van der Waals surface area (Å²) in [6, 6.07) is 2.23. The van der Waals surface area contributed by atoms with E-state index in [9.17, 15) is 4.79 Å². The number of rotatable bonds is 2. The Morgan fingerprint density at radius 3 is 2.65 bits per heavy atom. The van der Waals surface area contributed by atoms with E-state index >= 15 is 0 Å². The molecule has 23 heavy (non-hydrogen) atoms. The highest BCUT2D eigenvalue weighted by atomic mass is 35.5. The lowest BCUT2D eigenvalue weighted by Crippen LogP contribution is -2.32. The number of halogens is 2. The number of hydrogen-bond acceptors (Lipinski definition) is 4. The number of fused-ring (bicyclic) bond motifs is 1. The molecule has 1 saturated heterocycles. The van der Waals surface area contributed by atoms with Gasteiger partial charge in [0.15, 0.2) is 5.65 Å². The summed E-state index contributed by atoms with van der Waals surface area (Å²) in [4.78, 5) is 19.0. The molecule has 1 unspecified atom stereocenters. The summed E-state index contributed by atoms with van der Waals surface area (Å²) in [5.41, 5.74) is 8.11. The van der Waals surface area contributed by atoms with Crippen LogP contribution in [-0.2, 0) is 0 Å². The molecule has 0 radical (unpaired) electrons. The first-order valence-corrected chi connectivity index (χ1v) is 7.37. The van der Waals surface area contributed by atoms with Crippen LogP contribution < -0.4 is 5.73 Å². The van der Waals surface area contributed by atoms with Crippen LogP contribution >= 0.6 is 24.8 Å². The maximum Gasteiger partial charge on any atom is 0.255 e. The molecule has 0 aromatic carbocycles. The lowest BCUT2D eigenvalue weighted by atomic mass is 10.1. The second-order valence-corrected chi connectivity index (χ2v) is 6.02. The molecule has 1 aliphatic heterocycles. The van der Waals surface area contributed by atoms with Gasteiger partial charge in [-0.15, -0.1) is 24.8 Å². The Hall–Kier alpha value is -1.37.